The molecule has 1 aliphatic carbocycles. The van der Waals surface area contributed by atoms with E-state index >= 15 is 0 Å². The number of carbonyl (C=O) groups is 1. The van der Waals surface area contributed by atoms with Crippen molar-refractivity contribution < 1.29 is 9.21 Å². The Morgan fingerprint density at radius 3 is 2.86 bits per heavy atom. The normalized spacial score (nSPS) is 21.0. The summed E-state index contributed by atoms with van der Waals surface area (Å²) >= 11 is 0. The number of hydrogen-bond donors (Lipinski definition) is 0. The summed E-state index contributed by atoms with van der Waals surface area (Å²) in [6.45, 7) is 4.82. The molecule has 1 aromatic rings. The highest BCUT2D eigenvalue weighted by Gasteiger charge is 2.21. The van der Waals surface area contributed by atoms with Gasteiger partial charge in [-0.1, -0.05) is 11.6 Å². The zero-order valence-electron chi connectivity index (χ0n) is 12.6. The van der Waals surface area contributed by atoms with Gasteiger partial charge in [-0.15, -0.1) is 0 Å². The van der Waals surface area contributed by atoms with E-state index in [9.17, 15) is 4.79 Å². The van der Waals surface area contributed by atoms with Crippen molar-refractivity contribution in [2.75, 3.05) is 32.7 Å². The average molecular weight is 288 g/mol. The Morgan fingerprint density at radius 2 is 2.10 bits per heavy atom. The van der Waals surface area contributed by atoms with E-state index in [2.05, 4.69) is 11.0 Å². The van der Waals surface area contributed by atoms with E-state index in [1.165, 1.54) is 31.9 Å². The smallest absolute Gasteiger partial charge is 0.257 e. The molecule has 0 radical (unpaired) electrons. The number of nitrogens with zero attached hydrogens (tertiary/aromatic N) is 2. The van der Waals surface area contributed by atoms with E-state index in [4.69, 9.17) is 4.42 Å². The van der Waals surface area contributed by atoms with Gasteiger partial charge in [0, 0.05) is 32.7 Å². The van der Waals surface area contributed by atoms with E-state index in [0.717, 1.165) is 39.1 Å². The lowest BCUT2D eigenvalue weighted by Gasteiger charge is -2.24. The topological polar surface area (TPSA) is 36.7 Å². The summed E-state index contributed by atoms with van der Waals surface area (Å²) in [6, 6.07) is 1.75. The van der Waals surface area contributed by atoms with Crippen LogP contribution in [-0.4, -0.2) is 48.4 Å². The molecule has 2 heterocycles. The highest BCUT2D eigenvalue weighted by atomic mass is 16.3. The van der Waals surface area contributed by atoms with Gasteiger partial charge in [0.1, 0.15) is 6.26 Å². The molecular weight excluding hydrogens is 264 g/mol. The van der Waals surface area contributed by atoms with E-state index < -0.39 is 0 Å². The summed E-state index contributed by atoms with van der Waals surface area (Å²) in [4.78, 5) is 16.8. The largest absolute Gasteiger partial charge is 0.472 e. The van der Waals surface area contributed by atoms with Crippen molar-refractivity contribution in [3.8, 4) is 0 Å². The van der Waals surface area contributed by atoms with Crippen LogP contribution >= 0.6 is 0 Å². The van der Waals surface area contributed by atoms with Gasteiger partial charge in [-0.3, -0.25) is 9.69 Å². The minimum Gasteiger partial charge on any atom is -0.472 e. The highest BCUT2D eigenvalue weighted by Crippen LogP contribution is 2.19. The van der Waals surface area contributed by atoms with Gasteiger partial charge in [-0.2, -0.15) is 0 Å². The van der Waals surface area contributed by atoms with Crippen LogP contribution in [0.5, 0.6) is 0 Å². The molecule has 0 spiro atoms. The Labute approximate surface area is 126 Å². The van der Waals surface area contributed by atoms with Crippen molar-refractivity contribution in [1.29, 1.82) is 0 Å². The van der Waals surface area contributed by atoms with Gasteiger partial charge < -0.3 is 9.32 Å². The fourth-order valence-corrected chi connectivity index (χ4v) is 3.24. The molecule has 0 bridgehead atoms. The first-order valence-electron chi connectivity index (χ1n) is 8.04. The lowest BCUT2D eigenvalue weighted by atomic mass is 9.99. The van der Waals surface area contributed by atoms with E-state index in [0.29, 0.717) is 5.56 Å². The van der Waals surface area contributed by atoms with Crippen molar-refractivity contribution in [1.82, 2.24) is 9.80 Å². The maximum Gasteiger partial charge on any atom is 0.257 e. The number of allylic oxidation sites excluding steroid dienone is 1. The minimum absolute atomic E-state index is 0.0995. The molecule has 4 heteroatoms. The van der Waals surface area contributed by atoms with Crippen molar-refractivity contribution >= 4 is 5.91 Å². The maximum atomic E-state index is 12.3. The summed E-state index contributed by atoms with van der Waals surface area (Å²) in [7, 11) is 0. The molecule has 114 valence electrons. The molecule has 1 saturated heterocycles. The van der Waals surface area contributed by atoms with Crippen LogP contribution < -0.4 is 0 Å². The third-order valence-corrected chi connectivity index (χ3v) is 4.46. The van der Waals surface area contributed by atoms with Crippen molar-refractivity contribution in [3.63, 3.8) is 0 Å². The molecule has 1 aromatic heterocycles. The third-order valence-electron chi connectivity index (χ3n) is 4.46. The Balaban J connectivity index is 1.54. The molecule has 1 fully saturated rings. The number of amides is 1. The summed E-state index contributed by atoms with van der Waals surface area (Å²) in [5.74, 6) is 0.0995. The van der Waals surface area contributed by atoms with Crippen LogP contribution in [0, 0.1) is 0 Å². The highest BCUT2D eigenvalue weighted by molar-refractivity contribution is 5.93. The Bertz CT molecular complexity index is 493. The molecule has 0 aromatic carbocycles. The van der Waals surface area contributed by atoms with Gasteiger partial charge in [0.15, 0.2) is 0 Å². The van der Waals surface area contributed by atoms with Gasteiger partial charge in [-0.05, 0) is 38.2 Å². The number of furan rings is 1. The molecule has 3 rings (SSSR count). The molecule has 1 aliphatic heterocycles. The van der Waals surface area contributed by atoms with Crippen molar-refractivity contribution in [3.05, 3.63) is 35.8 Å². The van der Waals surface area contributed by atoms with E-state index in [1.807, 2.05) is 4.90 Å². The first-order valence-corrected chi connectivity index (χ1v) is 8.04. The van der Waals surface area contributed by atoms with Crippen LogP contribution in [0.3, 0.4) is 0 Å². The molecule has 0 N–H and O–H groups in total. The molecule has 2 aliphatic rings. The number of carbonyl (C=O) groups excluding carboxylic acids is 1. The maximum absolute atomic E-state index is 12.3. The Hall–Kier alpha value is -1.55. The van der Waals surface area contributed by atoms with Crippen LogP contribution in [-0.2, 0) is 0 Å². The Kier molecular flexibility index (Phi) is 4.76. The van der Waals surface area contributed by atoms with Gasteiger partial charge in [-0.25, -0.2) is 0 Å². The molecular formula is C17H24N2O2. The molecule has 0 unspecified atom stereocenters. The zero-order valence-corrected chi connectivity index (χ0v) is 12.6. The van der Waals surface area contributed by atoms with E-state index in [1.54, 1.807) is 17.9 Å². The Morgan fingerprint density at radius 1 is 1.14 bits per heavy atom. The number of hydrogen-bond acceptors (Lipinski definition) is 3. The summed E-state index contributed by atoms with van der Waals surface area (Å²) in [5, 5.41) is 0. The predicted octanol–water partition coefficient (Wildman–Crippen LogP) is 2.93. The summed E-state index contributed by atoms with van der Waals surface area (Å²) in [5.41, 5.74) is 2.26. The second-order valence-corrected chi connectivity index (χ2v) is 6.04. The first kappa shape index (κ1) is 14.4. The van der Waals surface area contributed by atoms with Crippen LogP contribution in [0.15, 0.2) is 34.7 Å². The van der Waals surface area contributed by atoms with Gasteiger partial charge >= 0.3 is 0 Å². The summed E-state index contributed by atoms with van der Waals surface area (Å²) in [6.07, 6.45) is 11.8. The second kappa shape index (κ2) is 6.94. The quantitative estimate of drug-likeness (QED) is 0.802. The lowest BCUT2D eigenvalue weighted by Crippen LogP contribution is -2.35. The van der Waals surface area contributed by atoms with Crippen molar-refractivity contribution in [2.45, 2.75) is 32.1 Å². The molecule has 4 nitrogen and oxygen atoms in total. The van der Waals surface area contributed by atoms with Gasteiger partial charge in [0.25, 0.3) is 5.91 Å². The van der Waals surface area contributed by atoms with Crippen LogP contribution in [0.1, 0.15) is 42.5 Å². The zero-order chi connectivity index (χ0) is 14.5. The fraction of sp³-hybridized carbons (Fsp3) is 0.588. The molecule has 1 amide bonds. The van der Waals surface area contributed by atoms with Crippen LogP contribution in [0.4, 0.5) is 0 Å². The molecule has 21 heavy (non-hydrogen) atoms. The minimum atomic E-state index is 0.0995. The van der Waals surface area contributed by atoms with E-state index in [-0.39, 0.29) is 5.91 Å². The number of rotatable bonds is 3. The fourth-order valence-electron chi connectivity index (χ4n) is 3.24. The standard InChI is InChI=1S/C17H24N2O2/c20-17(16-7-12-21-14-16)19-9-4-8-18(10-11-19)13-15-5-2-1-3-6-15/h5,7,12,14H,1-4,6,8-11,13H2. The van der Waals surface area contributed by atoms with Crippen LogP contribution in [0.25, 0.3) is 0 Å². The lowest BCUT2D eigenvalue weighted by molar-refractivity contribution is 0.0761. The molecule has 0 atom stereocenters. The third kappa shape index (κ3) is 3.76. The van der Waals surface area contributed by atoms with Crippen molar-refractivity contribution in [2.24, 2.45) is 0 Å². The SMILES string of the molecule is O=C(c1ccoc1)N1CCCN(CC2=CCCCC2)CC1. The summed E-state index contributed by atoms with van der Waals surface area (Å²) < 4.78 is 5.01. The van der Waals surface area contributed by atoms with Gasteiger partial charge in [0.05, 0.1) is 11.8 Å². The molecule has 0 saturated carbocycles. The predicted molar refractivity (Wildman–Crippen MR) is 82.2 cm³/mol. The second-order valence-electron chi connectivity index (χ2n) is 6.04. The van der Waals surface area contributed by atoms with Gasteiger partial charge in [0.2, 0.25) is 0 Å². The monoisotopic (exact) mass is 288 g/mol. The van der Waals surface area contributed by atoms with Crippen LogP contribution in [0.2, 0.25) is 0 Å². The average Bonchev–Trinajstić information content (AvgIpc) is 2.95. The first-order chi connectivity index (χ1) is 10.3.